The number of hydrogen-bond donors (Lipinski definition) is 0. The van der Waals surface area contributed by atoms with Gasteiger partial charge >= 0.3 is 0 Å². The van der Waals surface area contributed by atoms with Gasteiger partial charge in [0.1, 0.15) is 0 Å². The van der Waals surface area contributed by atoms with Crippen LogP contribution >= 0.6 is 11.8 Å². The highest BCUT2D eigenvalue weighted by atomic mass is 32.2. The van der Waals surface area contributed by atoms with E-state index < -0.39 is 0 Å². The Morgan fingerprint density at radius 3 is 2.70 bits per heavy atom. The van der Waals surface area contributed by atoms with Gasteiger partial charge in [-0.1, -0.05) is 6.58 Å². The molecule has 0 unspecified atom stereocenters. The van der Waals surface area contributed by atoms with Crippen LogP contribution in [0.15, 0.2) is 12.0 Å². The summed E-state index contributed by atoms with van der Waals surface area (Å²) in [5.41, 5.74) is 0. The predicted octanol–water partition coefficient (Wildman–Crippen LogP) is 1.96. The second-order valence-electron chi connectivity index (χ2n) is 2.59. The van der Waals surface area contributed by atoms with Crippen LogP contribution in [0, 0.1) is 0 Å². The van der Waals surface area contributed by atoms with E-state index in [0.717, 1.165) is 0 Å². The molecule has 1 nitrogen and oxygen atoms in total. The first-order valence-electron chi connectivity index (χ1n) is 3.88. The highest BCUT2D eigenvalue weighted by molar-refractivity contribution is 8.02. The third-order valence-electron chi connectivity index (χ3n) is 1.84. The van der Waals surface area contributed by atoms with E-state index in [2.05, 4.69) is 11.5 Å². The number of likely N-dealkylation sites (tertiary alicyclic amines) is 1. The largest absolute Gasteiger partial charge is 0.303 e. The van der Waals surface area contributed by atoms with E-state index in [0.29, 0.717) is 0 Å². The molecule has 1 saturated heterocycles. The molecule has 0 aliphatic carbocycles. The van der Waals surface area contributed by atoms with Crippen molar-refractivity contribution in [2.24, 2.45) is 0 Å². The van der Waals surface area contributed by atoms with Crippen LogP contribution in [0.1, 0.15) is 12.8 Å². The average Bonchev–Trinajstić information content (AvgIpc) is 2.41. The van der Waals surface area contributed by atoms with Gasteiger partial charge in [0.15, 0.2) is 0 Å². The van der Waals surface area contributed by atoms with Crippen LogP contribution in [0.2, 0.25) is 0 Å². The number of thioether (sulfide) groups is 1. The molecule has 0 radical (unpaired) electrons. The number of nitrogens with zero attached hydrogens (tertiary/aromatic N) is 1. The molecule has 1 fully saturated rings. The van der Waals surface area contributed by atoms with Gasteiger partial charge in [0.05, 0.1) is 0 Å². The van der Waals surface area contributed by atoms with Crippen molar-refractivity contribution in [3.63, 3.8) is 0 Å². The van der Waals surface area contributed by atoms with Crippen molar-refractivity contribution >= 4 is 11.8 Å². The fraction of sp³-hybridized carbons (Fsp3) is 0.750. The van der Waals surface area contributed by atoms with Crippen molar-refractivity contribution in [2.75, 3.05) is 25.4 Å². The lowest BCUT2D eigenvalue weighted by atomic mass is 10.4. The Balaban J connectivity index is 1.96. The molecule has 0 atom stereocenters. The summed E-state index contributed by atoms with van der Waals surface area (Å²) in [4.78, 5) is 2.52. The predicted molar refractivity (Wildman–Crippen MR) is 48.3 cm³/mol. The summed E-state index contributed by atoms with van der Waals surface area (Å²) < 4.78 is 0. The standard InChI is InChI=1S/C8H15NS/c1-2-10-8-7-9-5-3-4-6-9/h2H,1,3-8H2. The maximum atomic E-state index is 3.67. The first kappa shape index (κ1) is 8.15. The fourth-order valence-electron chi connectivity index (χ4n) is 1.27. The van der Waals surface area contributed by atoms with Crippen molar-refractivity contribution in [2.45, 2.75) is 12.8 Å². The second-order valence-corrected chi connectivity index (χ2v) is 3.66. The number of hydrogen-bond acceptors (Lipinski definition) is 2. The van der Waals surface area contributed by atoms with Crippen molar-refractivity contribution in [1.29, 1.82) is 0 Å². The van der Waals surface area contributed by atoms with Crippen LogP contribution in [-0.4, -0.2) is 30.3 Å². The van der Waals surface area contributed by atoms with Crippen LogP contribution in [0.4, 0.5) is 0 Å². The zero-order chi connectivity index (χ0) is 7.23. The summed E-state index contributed by atoms with van der Waals surface area (Å²) in [6, 6.07) is 0. The second kappa shape index (κ2) is 4.80. The smallest absolute Gasteiger partial charge is 0.0102 e. The fourth-order valence-corrected chi connectivity index (χ4v) is 1.80. The highest BCUT2D eigenvalue weighted by Crippen LogP contribution is 2.08. The Bertz CT molecular complexity index is 97.4. The third kappa shape index (κ3) is 2.76. The van der Waals surface area contributed by atoms with Crippen molar-refractivity contribution in [1.82, 2.24) is 4.90 Å². The van der Waals surface area contributed by atoms with E-state index >= 15 is 0 Å². The van der Waals surface area contributed by atoms with Gasteiger partial charge in [0.2, 0.25) is 0 Å². The Hall–Kier alpha value is 0.0500. The van der Waals surface area contributed by atoms with E-state index in [-0.39, 0.29) is 0 Å². The lowest BCUT2D eigenvalue weighted by Gasteiger charge is -2.12. The summed E-state index contributed by atoms with van der Waals surface area (Å²) in [6.45, 7) is 7.55. The summed E-state index contributed by atoms with van der Waals surface area (Å²) >= 11 is 1.82. The minimum Gasteiger partial charge on any atom is -0.303 e. The maximum Gasteiger partial charge on any atom is 0.0102 e. The number of rotatable bonds is 4. The summed E-state index contributed by atoms with van der Waals surface area (Å²) in [5.74, 6) is 1.21. The van der Waals surface area contributed by atoms with Gasteiger partial charge in [0, 0.05) is 12.3 Å². The molecule has 1 rings (SSSR count). The molecule has 1 aliphatic heterocycles. The van der Waals surface area contributed by atoms with E-state index in [4.69, 9.17) is 0 Å². The third-order valence-corrected chi connectivity index (χ3v) is 2.50. The van der Waals surface area contributed by atoms with Gasteiger partial charge < -0.3 is 4.90 Å². The molecule has 1 aliphatic rings. The summed E-state index contributed by atoms with van der Waals surface area (Å²) in [7, 11) is 0. The molecule has 0 aromatic rings. The van der Waals surface area contributed by atoms with Crippen molar-refractivity contribution < 1.29 is 0 Å². The van der Waals surface area contributed by atoms with E-state index in [1.165, 1.54) is 38.2 Å². The molecule has 0 bridgehead atoms. The van der Waals surface area contributed by atoms with Crippen molar-refractivity contribution in [3.8, 4) is 0 Å². The van der Waals surface area contributed by atoms with Gasteiger partial charge in [0.25, 0.3) is 0 Å². The Kier molecular flexibility index (Phi) is 3.91. The first-order valence-corrected chi connectivity index (χ1v) is 4.93. The molecule has 0 amide bonds. The van der Waals surface area contributed by atoms with Gasteiger partial charge in [-0.2, -0.15) is 0 Å². The van der Waals surface area contributed by atoms with E-state index in [1.807, 2.05) is 17.2 Å². The molecule has 1 heterocycles. The molecule has 10 heavy (non-hydrogen) atoms. The Labute approximate surface area is 67.5 Å². The molecular weight excluding hydrogens is 142 g/mol. The minimum absolute atomic E-state index is 1.21. The monoisotopic (exact) mass is 157 g/mol. The summed E-state index contributed by atoms with van der Waals surface area (Å²) in [5, 5.41) is 1.93. The normalized spacial score (nSPS) is 19.6. The molecule has 0 aromatic carbocycles. The zero-order valence-corrected chi connectivity index (χ0v) is 7.20. The molecule has 0 spiro atoms. The highest BCUT2D eigenvalue weighted by Gasteiger charge is 2.09. The first-order chi connectivity index (χ1) is 4.93. The van der Waals surface area contributed by atoms with Crippen LogP contribution in [0.3, 0.4) is 0 Å². The van der Waals surface area contributed by atoms with E-state index in [1.54, 1.807) is 0 Å². The molecule has 2 heteroatoms. The van der Waals surface area contributed by atoms with Crippen LogP contribution < -0.4 is 0 Å². The van der Waals surface area contributed by atoms with Crippen molar-refractivity contribution in [3.05, 3.63) is 12.0 Å². The molecular formula is C8H15NS. The molecule has 0 saturated carbocycles. The van der Waals surface area contributed by atoms with E-state index in [9.17, 15) is 0 Å². The van der Waals surface area contributed by atoms with Gasteiger partial charge in [-0.25, -0.2) is 0 Å². The SMILES string of the molecule is C=CSCCN1CCCC1. The molecule has 58 valence electrons. The Morgan fingerprint density at radius 2 is 2.10 bits per heavy atom. The minimum atomic E-state index is 1.21. The maximum absolute atomic E-state index is 3.67. The van der Waals surface area contributed by atoms with Gasteiger partial charge in [-0.15, -0.1) is 11.8 Å². The van der Waals surface area contributed by atoms with Crippen LogP contribution in [-0.2, 0) is 0 Å². The lowest BCUT2D eigenvalue weighted by molar-refractivity contribution is 0.362. The summed E-state index contributed by atoms with van der Waals surface area (Å²) in [6.07, 6.45) is 2.80. The quantitative estimate of drug-likeness (QED) is 0.574. The molecule has 0 aromatic heterocycles. The van der Waals surface area contributed by atoms with Crippen LogP contribution in [0.5, 0.6) is 0 Å². The lowest BCUT2D eigenvalue weighted by Crippen LogP contribution is -2.21. The topological polar surface area (TPSA) is 3.24 Å². The Morgan fingerprint density at radius 1 is 1.40 bits per heavy atom. The van der Waals surface area contributed by atoms with Gasteiger partial charge in [-0.05, 0) is 31.3 Å². The van der Waals surface area contributed by atoms with Gasteiger partial charge in [-0.3, -0.25) is 0 Å². The molecule has 0 N–H and O–H groups in total. The average molecular weight is 157 g/mol. The zero-order valence-electron chi connectivity index (χ0n) is 6.38. The van der Waals surface area contributed by atoms with Crippen LogP contribution in [0.25, 0.3) is 0 Å².